The number of hydrogen-bond donors (Lipinski definition) is 0. The van der Waals surface area contributed by atoms with Gasteiger partial charge in [0.25, 0.3) is 0 Å². The minimum atomic E-state index is 0.824. The molecule has 0 amide bonds. The molecule has 0 atom stereocenters. The molecule has 0 aliphatic carbocycles. The summed E-state index contributed by atoms with van der Waals surface area (Å²) in [4.78, 5) is 3.98. The Kier molecular flexibility index (Phi) is 4.17. The fourth-order valence-electron chi connectivity index (χ4n) is 2.85. The van der Waals surface area contributed by atoms with Gasteiger partial charge in [0.05, 0.1) is 14.2 Å². The van der Waals surface area contributed by atoms with Gasteiger partial charge in [0.1, 0.15) is 0 Å². The number of methoxy groups -OCH3 is 2. The van der Waals surface area contributed by atoms with Crippen molar-refractivity contribution in [3.63, 3.8) is 0 Å². The smallest absolute Gasteiger partial charge is 0.161 e. The molecule has 2 aromatic rings. The van der Waals surface area contributed by atoms with Crippen molar-refractivity contribution < 1.29 is 9.47 Å². The summed E-state index contributed by atoms with van der Waals surface area (Å²) in [7, 11) is 3.39. The Labute approximate surface area is 130 Å². The molecule has 4 heteroatoms. The Bertz CT molecular complexity index is 636. The highest BCUT2D eigenvalue weighted by Crippen LogP contribution is 2.33. The van der Waals surface area contributed by atoms with E-state index in [4.69, 9.17) is 9.47 Å². The van der Waals surface area contributed by atoms with E-state index in [1.165, 1.54) is 21.6 Å². The minimum absolute atomic E-state index is 0.824. The van der Waals surface area contributed by atoms with Gasteiger partial charge in [0.15, 0.2) is 11.5 Å². The second kappa shape index (κ2) is 6.08. The van der Waals surface area contributed by atoms with Crippen molar-refractivity contribution >= 4 is 11.3 Å². The monoisotopic (exact) mass is 303 g/mol. The molecule has 1 aromatic heterocycles. The second-order valence-corrected chi connectivity index (χ2v) is 6.46. The molecular weight excluding hydrogens is 282 g/mol. The summed E-state index contributed by atoms with van der Waals surface area (Å²) >= 11 is 1.85. The second-order valence-electron chi connectivity index (χ2n) is 5.46. The molecule has 112 valence electrons. The summed E-state index contributed by atoms with van der Waals surface area (Å²) in [5.74, 6) is 1.66. The first-order valence-electron chi connectivity index (χ1n) is 7.20. The lowest BCUT2D eigenvalue weighted by Gasteiger charge is -2.29. The molecular formula is C17H21NO2S. The molecule has 0 spiro atoms. The number of thiophene rings is 1. The average Bonchev–Trinajstić information content (AvgIpc) is 2.91. The van der Waals surface area contributed by atoms with Crippen LogP contribution >= 0.6 is 11.3 Å². The largest absolute Gasteiger partial charge is 0.493 e. The highest BCUT2D eigenvalue weighted by molar-refractivity contribution is 7.10. The Morgan fingerprint density at radius 3 is 2.48 bits per heavy atom. The van der Waals surface area contributed by atoms with Crippen LogP contribution in [0.5, 0.6) is 11.5 Å². The Balaban J connectivity index is 1.80. The molecule has 0 N–H and O–H groups in total. The Morgan fingerprint density at radius 2 is 1.86 bits per heavy atom. The summed E-state index contributed by atoms with van der Waals surface area (Å²) in [6, 6.07) is 6.45. The SMILES string of the molecule is COc1cc2c(cc1OC)CN(Cc1sccc1C)CC2. The van der Waals surface area contributed by atoms with Gasteiger partial charge in [-0.25, -0.2) is 0 Å². The van der Waals surface area contributed by atoms with Crippen molar-refractivity contribution in [3.8, 4) is 11.5 Å². The number of benzene rings is 1. The van der Waals surface area contributed by atoms with Crippen LogP contribution < -0.4 is 9.47 Å². The maximum Gasteiger partial charge on any atom is 0.161 e. The third-order valence-corrected chi connectivity index (χ3v) is 5.14. The van der Waals surface area contributed by atoms with Gasteiger partial charge in [-0.2, -0.15) is 0 Å². The van der Waals surface area contributed by atoms with Crippen molar-refractivity contribution in [2.75, 3.05) is 20.8 Å². The first-order chi connectivity index (χ1) is 10.2. The molecule has 0 saturated carbocycles. The summed E-state index contributed by atoms with van der Waals surface area (Å²) in [6.07, 6.45) is 1.07. The van der Waals surface area contributed by atoms with Crippen LogP contribution in [0.2, 0.25) is 0 Å². The maximum atomic E-state index is 5.42. The van der Waals surface area contributed by atoms with Crippen LogP contribution in [-0.4, -0.2) is 25.7 Å². The standard InChI is InChI=1S/C17H21NO2S/c1-12-5-7-21-17(12)11-18-6-4-13-8-15(19-2)16(20-3)9-14(13)10-18/h5,7-9H,4,6,10-11H2,1-3H3. The predicted octanol–water partition coefficient (Wildman–Crippen LogP) is 3.63. The third kappa shape index (κ3) is 2.92. The minimum Gasteiger partial charge on any atom is -0.493 e. The van der Waals surface area contributed by atoms with Gasteiger partial charge < -0.3 is 9.47 Å². The lowest BCUT2D eigenvalue weighted by molar-refractivity contribution is 0.246. The van der Waals surface area contributed by atoms with E-state index < -0.39 is 0 Å². The van der Waals surface area contributed by atoms with E-state index in [1.54, 1.807) is 14.2 Å². The fourth-order valence-corrected chi connectivity index (χ4v) is 3.79. The van der Waals surface area contributed by atoms with E-state index in [9.17, 15) is 0 Å². The van der Waals surface area contributed by atoms with Gasteiger partial charge in [-0.15, -0.1) is 11.3 Å². The third-order valence-electron chi connectivity index (χ3n) is 4.13. The summed E-state index contributed by atoms with van der Waals surface area (Å²) < 4.78 is 10.8. The van der Waals surface area contributed by atoms with Crippen molar-refractivity contribution in [1.29, 1.82) is 0 Å². The number of ether oxygens (including phenoxy) is 2. The van der Waals surface area contributed by atoms with E-state index in [0.29, 0.717) is 0 Å². The highest BCUT2D eigenvalue weighted by Gasteiger charge is 2.20. The Hall–Kier alpha value is -1.52. The first kappa shape index (κ1) is 14.4. The number of nitrogens with zero attached hydrogens (tertiary/aromatic N) is 1. The number of rotatable bonds is 4. The average molecular weight is 303 g/mol. The van der Waals surface area contributed by atoms with Crippen molar-refractivity contribution in [1.82, 2.24) is 4.90 Å². The van der Waals surface area contributed by atoms with Gasteiger partial charge in [-0.3, -0.25) is 4.90 Å². The van der Waals surface area contributed by atoms with Crippen LogP contribution in [0.3, 0.4) is 0 Å². The zero-order valence-corrected chi connectivity index (χ0v) is 13.6. The van der Waals surface area contributed by atoms with Crippen LogP contribution in [0.25, 0.3) is 0 Å². The predicted molar refractivity (Wildman–Crippen MR) is 86.4 cm³/mol. The van der Waals surface area contributed by atoms with Gasteiger partial charge in [0, 0.05) is 24.5 Å². The van der Waals surface area contributed by atoms with E-state index >= 15 is 0 Å². The lowest BCUT2D eigenvalue weighted by Crippen LogP contribution is -2.30. The molecule has 21 heavy (non-hydrogen) atoms. The molecule has 1 aliphatic heterocycles. The molecule has 3 rings (SSSR count). The molecule has 3 nitrogen and oxygen atoms in total. The van der Waals surface area contributed by atoms with E-state index in [-0.39, 0.29) is 0 Å². The number of hydrogen-bond acceptors (Lipinski definition) is 4. The van der Waals surface area contributed by atoms with Gasteiger partial charge in [-0.1, -0.05) is 0 Å². The van der Waals surface area contributed by atoms with E-state index in [2.05, 4.69) is 35.4 Å². The zero-order valence-electron chi connectivity index (χ0n) is 12.8. The maximum absolute atomic E-state index is 5.42. The molecule has 0 bridgehead atoms. The zero-order chi connectivity index (χ0) is 14.8. The molecule has 0 saturated heterocycles. The van der Waals surface area contributed by atoms with Crippen LogP contribution in [0, 0.1) is 6.92 Å². The van der Waals surface area contributed by atoms with Crippen molar-refractivity contribution in [2.24, 2.45) is 0 Å². The quantitative estimate of drug-likeness (QED) is 0.861. The van der Waals surface area contributed by atoms with Crippen LogP contribution in [0.1, 0.15) is 21.6 Å². The highest BCUT2D eigenvalue weighted by atomic mass is 32.1. The van der Waals surface area contributed by atoms with Gasteiger partial charge in [-0.05, 0) is 53.6 Å². The van der Waals surface area contributed by atoms with Crippen molar-refractivity contribution in [3.05, 3.63) is 45.1 Å². The molecule has 1 aromatic carbocycles. The van der Waals surface area contributed by atoms with Crippen LogP contribution in [0.4, 0.5) is 0 Å². The molecule has 2 heterocycles. The van der Waals surface area contributed by atoms with Gasteiger partial charge in [0.2, 0.25) is 0 Å². The van der Waals surface area contributed by atoms with Crippen molar-refractivity contribution in [2.45, 2.75) is 26.4 Å². The summed E-state index contributed by atoms with van der Waals surface area (Å²) in [5.41, 5.74) is 4.14. The lowest BCUT2D eigenvalue weighted by atomic mass is 9.98. The van der Waals surface area contributed by atoms with E-state index in [0.717, 1.165) is 37.6 Å². The van der Waals surface area contributed by atoms with E-state index in [1.807, 2.05) is 11.3 Å². The molecule has 1 aliphatic rings. The van der Waals surface area contributed by atoms with Gasteiger partial charge >= 0.3 is 0 Å². The Morgan fingerprint density at radius 1 is 1.14 bits per heavy atom. The van der Waals surface area contributed by atoms with Crippen LogP contribution in [-0.2, 0) is 19.5 Å². The normalized spacial score (nSPS) is 14.8. The molecule has 0 radical (unpaired) electrons. The summed E-state index contributed by atoms with van der Waals surface area (Å²) in [5, 5.41) is 2.18. The molecule has 0 fully saturated rings. The fraction of sp³-hybridized carbons (Fsp3) is 0.412. The number of fused-ring (bicyclic) bond motifs is 1. The summed E-state index contributed by atoms with van der Waals surface area (Å²) in [6.45, 7) is 5.31. The molecule has 0 unspecified atom stereocenters. The first-order valence-corrected chi connectivity index (χ1v) is 8.08. The number of aryl methyl sites for hydroxylation is 1. The van der Waals surface area contributed by atoms with Crippen LogP contribution in [0.15, 0.2) is 23.6 Å². The topological polar surface area (TPSA) is 21.7 Å².